The number of nitrogens with zero attached hydrogens (tertiary/aromatic N) is 2. The van der Waals surface area contributed by atoms with E-state index in [0.29, 0.717) is 17.4 Å². The largest absolute Gasteiger partial charge is 0.445 e. The Hall–Kier alpha value is -2.88. The molecule has 2 heterocycles. The summed E-state index contributed by atoms with van der Waals surface area (Å²) in [6.45, 7) is 6.07. The number of hydrogen-bond acceptors (Lipinski definition) is 6. The van der Waals surface area contributed by atoms with Gasteiger partial charge in [0.2, 0.25) is 0 Å². The van der Waals surface area contributed by atoms with Crippen molar-refractivity contribution in [1.29, 1.82) is 0 Å². The summed E-state index contributed by atoms with van der Waals surface area (Å²) in [6.07, 6.45) is 1.15. The number of carbonyl (C=O) groups excluding carboxylic acids is 1. The van der Waals surface area contributed by atoms with Gasteiger partial charge in [-0.3, -0.25) is 5.32 Å². The molecule has 0 aliphatic carbocycles. The van der Waals surface area contributed by atoms with E-state index in [1.807, 2.05) is 37.3 Å². The van der Waals surface area contributed by atoms with E-state index < -0.39 is 12.4 Å². The molecule has 2 aromatic carbocycles. The highest BCUT2D eigenvalue weighted by molar-refractivity contribution is 6.40. The molecule has 10 heteroatoms. The minimum Gasteiger partial charge on any atom is -0.445 e. The smallest absolute Gasteiger partial charge is 0.411 e. The van der Waals surface area contributed by atoms with Gasteiger partial charge in [-0.25, -0.2) is 9.78 Å². The molecule has 4 atom stereocenters. The van der Waals surface area contributed by atoms with Crippen LogP contribution in [0.25, 0.3) is 0 Å². The molecule has 1 amide bonds. The van der Waals surface area contributed by atoms with Crippen LogP contribution in [0.2, 0.25) is 10.3 Å². The number of benzene rings is 2. The van der Waals surface area contributed by atoms with Crippen LogP contribution in [0, 0.1) is 5.92 Å². The molecule has 3 aromatic rings. The molecule has 190 valence electrons. The Labute approximate surface area is 219 Å². The fraction of sp³-hybridized carbons (Fsp3) is 0.308. The minimum absolute atomic E-state index is 0.0371. The molecule has 1 aromatic heterocycles. The molecule has 8 nitrogen and oxygen atoms in total. The summed E-state index contributed by atoms with van der Waals surface area (Å²) in [6, 6.07) is 14.8. The lowest BCUT2D eigenvalue weighted by Gasteiger charge is -2.41. The normalized spacial score (nSPS) is 21.7. The van der Waals surface area contributed by atoms with E-state index in [2.05, 4.69) is 16.9 Å². The highest BCUT2D eigenvalue weighted by atomic mass is 35.5. The number of aliphatic hydroxyl groups excluding tert-OH is 1. The first-order valence-electron chi connectivity index (χ1n) is 11.4. The molecule has 36 heavy (non-hydrogen) atoms. The van der Waals surface area contributed by atoms with E-state index in [1.54, 1.807) is 29.1 Å². The van der Waals surface area contributed by atoms with Crippen molar-refractivity contribution in [2.75, 3.05) is 11.9 Å². The van der Waals surface area contributed by atoms with E-state index in [9.17, 15) is 9.90 Å². The van der Waals surface area contributed by atoms with Gasteiger partial charge >= 0.3 is 6.09 Å². The Balaban J connectivity index is 1.61. The Morgan fingerprint density at radius 2 is 2.00 bits per heavy atom. The highest BCUT2D eigenvalue weighted by Crippen LogP contribution is 2.42. The second-order valence-corrected chi connectivity index (χ2v) is 9.15. The monoisotopic (exact) mass is 531 g/mol. The predicted octanol–water partition coefficient (Wildman–Crippen LogP) is 5.91. The molecule has 0 bridgehead atoms. The summed E-state index contributed by atoms with van der Waals surface area (Å²) in [5, 5.41) is 12.7. The molecule has 0 spiro atoms. The van der Waals surface area contributed by atoms with E-state index in [4.69, 9.17) is 37.4 Å². The third kappa shape index (κ3) is 6.08. The zero-order valence-corrected chi connectivity index (χ0v) is 21.2. The lowest BCUT2D eigenvalue weighted by Crippen LogP contribution is -2.39. The minimum atomic E-state index is -0.725. The first-order valence-corrected chi connectivity index (χ1v) is 12.2. The average molecular weight is 532 g/mol. The third-order valence-electron chi connectivity index (χ3n) is 5.97. The quantitative estimate of drug-likeness (QED) is 0.351. The molecule has 1 aliphatic rings. The molecule has 1 saturated heterocycles. The summed E-state index contributed by atoms with van der Waals surface area (Å²) < 4.78 is 19.6. The molecular formula is C26H27Cl2N3O5. The van der Waals surface area contributed by atoms with Gasteiger partial charge in [-0.05, 0) is 23.3 Å². The van der Waals surface area contributed by atoms with Crippen molar-refractivity contribution in [3.8, 4) is 0 Å². The maximum Gasteiger partial charge on any atom is 0.411 e. The molecule has 1 fully saturated rings. The van der Waals surface area contributed by atoms with Crippen LogP contribution in [-0.4, -0.2) is 33.5 Å². The van der Waals surface area contributed by atoms with Gasteiger partial charge in [0.15, 0.2) is 11.4 Å². The van der Waals surface area contributed by atoms with Gasteiger partial charge in [-0.2, -0.15) is 0 Å². The average Bonchev–Trinajstić information content (AvgIpc) is 3.21. The Morgan fingerprint density at radius 3 is 2.67 bits per heavy atom. The first kappa shape index (κ1) is 26.2. The summed E-state index contributed by atoms with van der Waals surface area (Å²) in [4.78, 5) is 16.1. The van der Waals surface area contributed by atoms with Gasteiger partial charge in [0.25, 0.3) is 0 Å². The second-order valence-electron chi connectivity index (χ2n) is 8.44. The van der Waals surface area contributed by atoms with Crippen molar-refractivity contribution in [3.05, 3.63) is 94.5 Å². The van der Waals surface area contributed by atoms with Crippen molar-refractivity contribution >= 4 is 35.0 Å². The third-order valence-corrected chi connectivity index (χ3v) is 6.74. The Morgan fingerprint density at radius 1 is 1.22 bits per heavy atom. The van der Waals surface area contributed by atoms with Crippen LogP contribution in [0.15, 0.2) is 67.5 Å². The number of nitrogens with one attached hydrogen (secondary N) is 1. The van der Waals surface area contributed by atoms with Crippen molar-refractivity contribution in [2.24, 2.45) is 5.92 Å². The number of carbonyl (C=O) groups is 1. The number of anilines is 1. The van der Waals surface area contributed by atoms with Crippen LogP contribution in [0.1, 0.15) is 36.0 Å². The molecule has 4 rings (SSSR count). The van der Waals surface area contributed by atoms with E-state index in [1.165, 1.54) is 6.08 Å². The van der Waals surface area contributed by atoms with Crippen LogP contribution in [-0.2, 0) is 27.4 Å². The maximum absolute atomic E-state index is 12.0. The second kappa shape index (κ2) is 11.9. The number of aliphatic hydroxyl groups is 1. The van der Waals surface area contributed by atoms with Gasteiger partial charge in [0.1, 0.15) is 11.8 Å². The standard InChI is InChI=1S/C26H27Cl2N3O5/c1-3-11-34-26(33)30-20-6-4-5-19(12-20)25-35-21(13-31-15-29-23(27)24(31)28)16(2)22(36-25)18-9-7-17(14-32)8-10-18/h3-10,12,15-16,21-22,25,32H,1,11,13-14H2,2H3,(H,30,33)/t16-,21+,22+,25+/m1/s1. The summed E-state index contributed by atoms with van der Waals surface area (Å²) in [5.41, 5.74) is 3.03. The maximum atomic E-state index is 12.0. The number of ether oxygens (including phenoxy) is 3. The lowest BCUT2D eigenvalue weighted by atomic mass is 9.90. The van der Waals surface area contributed by atoms with Crippen molar-refractivity contribution in [3.63, 3.8) is 0 Å². The van der Waals surface area contributed by atoms with Gasteiger partial charge in [-0.1, -0.05) is 79.2 Å². The number of amides is 1. The van der Waals surface area contributed by atoms with Crippen LogP contribution in [0.5, 0.6) is 0 Å². The van der Waals surface area contributed by atoms with Gasteiger partial charge < -0.3 is 23.9 Å². The lowest BCUT2D eigenvalue weighted by molar-refractivity contribution is -0.276. The fourth-order valence-corrected chi connectivity index (χ4v) is 4.36. The molecule has 0 saturated carbocycles. The number of halogens is 2. The zero-order valence-electron chi connectivity index (χ0n) is 19.6. The number of hydrogen-bond donors (Lipinski definition) is 2. The Bertz CT molecular complexity index is 1200. The number of imidazole rings is 1. The number of rotatable bonds is 8. The van der Waals surface area contributed by atoms with Crippen molar-refractivity contribution in [1.82, 2.24) is 9.55 Å². The summed E-state index contributed by atoms with van der Waals surface area (Å²) in [5.74, 6) is -0.0614. The van der Waals surface area contributed by atoms with Gasteiger partial charge in [-0.15, -0.1) is 0 Å². The molecule has 0 unspecified atom stereocenters. The zero-order chi connectivity index (χ0) is 25.7. The summed E-state index contributed by atoms with van der Waals surface area (Å²) >= 11 is 12.4. The topological polar surface area (TPSA) is 94.8 Å². The fourth-order valence-electron chi connectivity index (χ4n) is 4.04. The van der Waals surface area contributed by atoms with Crippen LogP contribution < -0.4 is 5.32 Å². The SMILES string of the molecule is C=CCOC(=O)Nc1cccc([C@H]2O[C@@H](Cn3cnc(Cl)c3Cl)[C@@H](C)[C@@H](c3ccc(CO)cc3)O2)c1. The predicted molar refractivity (Wildman–Crippen MR) is 137 cm³/mol. The first-order chi connectivity index (χ1) is 17.4. The molecule has 2 N–H and O–H groups in total. The number of aromatic nitrogens is 2. The van der Waals surface area contributed by atoms with E-state index in [-0.39, 0.29) is 36.5 Å². The van der Waals surface area contributed by atoms with E-state index >= 15 is 0 Å². The van der Waals surface area contributed by atoms with Crippen LogP contribution >= 0.6 is 23.2 Å². The Kier molecular flexibility index (Phi) is 8.66. The van der Waals surface area contributed by atoms with Crippen molar-refractivity contribution < 1.29 is 24.1 Å². The van der Waals surface area contributed by atoms with Crippen LogP contribution in [0.3, 0.4) is 0 Å². The van der Waals surface area contributed by atoms with Gasteiger partial charge in [0.05, 0.1) is 31.7 Å². The molecule has 1 aliphatic heterocycles. The molecule has 0 radical (unpaired) electrons. The van der Waals surface area contributed by atoms with Crippen molar-refractivity contribution in [2.45, 2.75) is 38.6 Å². The van der Waals surface area contributed by atoms with Gasteiger partial charge in [0, 0.05) is 17.2 Å². The highest BCUT2D eigenvalue weighted by Gasteiger charge is 2.39. The van der Waals surface area contributed by atoms with Crippen LogP contribution in [0.4, 0.5) is 10.5 Å². The molecular weight excluding hydrogens is 505 g/mol. The summed E-state index contributed by atoms with van der Waals surface area (Å²) in [7, 11) is 0. The van der Waals surface area contributed by atoms with E-state index in [0.717, 1.165) is 16.7 Å².